The predicted molar refractivity (Wildman–Crippen MR) is 185 cm³/mol. The van der Waals surface area contributed by atoms with Crippen LogP contribution in [0.1, 0.15) is 174 Å². The van der Waals surface area contributed by atoms with Crippen LogP contribution in [-0.4, -0.2) is 53.1 Å². The van der Waals surface area contributed by atoms with Gasteiger partial charge in [-0.25, -0.2) is 0 Å². The van der Waals surface area contributed by atoms with Gasteiger partial charge in [0, 0.05) is 0 Å². The molecule has 0 aromatic carbocycles. The molecule has 7 nitrogen and oxygen atoms in total. The maximum Gasteiger partial charge on any atom is 0.266 e. The second-order valence-electron chi connectivity index (χ2n) is 12.6. The molecule has 0 aliphatic rings. The molecule has 44 heavy (non-hydrogen) atoms. The first-order valence-corrected chi connectivity index (χ1v) is 19.7. The molecule has 3 unspecified atom stereocenters. The lowest BCUT2D eigenvalue weighted by atomic mass is 10.0. The summed E-state index contributed by atoms with van der Waals surface area (Å²) in [6.45, 7) is 4.37. The largest absolute Gasteiger partial charge is 0.391 e. The first kappa shape index (κ1) is 42.8. The molecule has 260 valence electrons. The van der Waals surface area contributed by atoms with Gasteiger partial charge in [-0.15, -0.1) is 0 Å². The molecule has 0 rings (SSSR count). The highest BCUT2D eigenvalue weighted by atomic mass is 32.2. The zero-order valence-electron chi connectivity index (χ0n) is 28.4. The molecule has 0 aromatic heterocycles. The van der Waals surface area contributed by atoms with E-state index in [1.54, 1.807) is 0 Å². The summed E-state index contributed by atoms with van der Waals surface area (Å²) in [4.78, 5) is 12.4. The number of aliphatic hydroxyl groups excluding tert-OH is 2. The zero-order chi connectivity index (χ0) is 32.7. The monoisotopic (exact) mass is 643 g/mol. The van der Waals surface area contributed by atoms with Gasteiger partial charge in [-0.2, -0.15) is 8.42 Å². The van der Waals surface area contributed by atoms with E-state index in [0.717, 1.165) is 64.2 Å². The third-order valence-corrected chi connectivity index (χ3v) is 9.05. The molecule has 4 N–H and O–H groups in total. The number of allylic oxidation sites excluding steroid dienone is 4. The summed E-state index contributed by atoms with van der Waals surface area (Å²) in [7, 11) is -4.39. The third-order valence-electron chi connectivity index (χ3n) is 8.27. The Morgan fingerprint density at radius 3 is 1.48 bits per heavy atom. The lowest BCUT2D eigenvalue weighted by Crippen LogP contribution is -2.50. The van der Waals surface area contributed by atoms with Gasteiger partial charge in [0.25, 0.3) is 10.1 Å². The van der Waals surface area contributed by atoms with Gasteiger partial charge in [0.2, 0.25) is 5.91 Å². The Morgan fingerprint density at radius 1 is 0.614 bits per heavy atom. The van der Waals surface area contributed by atoms with Crippen LogP contribution in [0.15, 0.2) is 24.3 Å². The molecule has 0 bridgehead atoms. The summed E-state index contributed by atoms with van der Waals surface area (Å²) < 4.78 is 32.1. The van der Waals surface area contributed by atoms with E-state index >= 15 is 0 Å². The van der Waals surface area contributed by atoms with Crippen LogP contribution >= 0.6 is 0 Å². The molecule has 0 fully saturated rings. The number of aliphatic hydroxyl groups is 2. The molecule has 0 aromatic rings. The first-order chi connectivity index (χ1) is 21.2. The highest BCUT2D eigenvalue weighted by Gasteiger charge is 2.28. The van der Waals surface area contributed by atoms with Crippen LogP contribution in [0.3, 0.4) is 0 Å². The Balaban J connectivity index is 3.86. The Bertz CT molecular complexity index is 813. The molecule has 0 heterocycles. The van der Waals surface area contributed by atoms with Crippen molar-refractivity contribution in [2.75, 3.05) is 5.75 Å². The van der Waals surface area contributed by atoms with Crippen LogP contribution in [0.25, 0.3) is 0 Å². The maximum atomic E-state index is 12.4. The van der Waals surface area contributed by atoms with Crippen molar-refractivity contribution < 1.29 is 28.0 Å². The highest BCUT2D eigenvalue weighted by molar-refractivity contribution is 7.85. The van der Waals surface area contributed by atoms with Crippen LogP contribution < -0.4 is 5.32 Å². The zero-order valence-corrected chi connectivity index (χ0v) is 29.2. The lowest BCUT2D eigenvalue weighted by molar-refractivity contribution is -0.131. The summed E-state index contributed by atoms with van der Waals surface area (Å²) in [5, 5.41) is 23.2. The van der Waals surface area contributed by atoms with Crippen molar-refractivity contribution in [3.05, 3.63) is 24.3 Å². The summed E-state index contributed by atoms with van der Waals surface area (Å²) in [5.41, 5.74) is 0. The van der Waals surface area contributed by atoms with Gasteiger partial charge in [-0.05, 0) is 44.9 Å². The smallest absolute Gasteiger partial charge is 0.266 e. The van der Waals surface area contributed by atoms with E-state index in [4.69, 9.17) is 0 Å². The van der Waals surface area contributed by atoms with Crippen LogP contribution in [0.4, 0.5) is 0 Å². The fraction of sp³-hybridized carbons (Fsp3) is 0.861. The standard InChI is InChI=1S/C36H69NO6S/c1-3-5-7-9-10-11-12-13-14-15-16-17-18-19-20-21-22-23-24-25-27-29-31-35(39)36(40)37-33(32-44(41,42)43)34(38)30-28-26-8-6-4-2/h16-17,19-20,33-35,38-39H,3-15,18,21-32H2,1-2H3,(H,37,40)(H,41,42,43)/b17-16-,20-19-. The Hall–Kier alpha value is -1.22. The Morgan fingerprint density at radius 2 is 1.02 bits per heavy atom. The second-order valence-corrected chi connectivity index (χ2v) is 14.1. The number of unbranched alkanes of at least 4 members (excludes halogenated alkanes) is 19. The van der Waals surface area contributed by atoms with Crippen molar-refractivity contribution in [2.45, 2.75) is 193 Å². The number of hydrogen-bond acceptors (Lipinski definition) is 5. The van der Waals surface area contributed by atoms with E-state index in [1.807, 2.05) is 0 Å². The summed E-state index contributed by atoms with van der Waals surface area (Å²) >= 11 is 0. The fourth-order valence-electron chi connectivity index (χ4n) is 5.43. The normalized spacial score (nSPS) is 14.4. The minimum atomic E-state index is -4.39. The molecular formula is C36H69NO6S. The average molecular weight is 644 g/mol. The van der Waals surface area contributed by atoms with E-state index in [2.05, 4.69) is 43.5 Å². The Kier molecular flexibility index (Phi) is 29.6. The number of amides is 1. The summed E-state index contributed by atoms with van der Waals surface area (Å²) in [6, 6.07) is -1.15. The van der Waals surface area contributed by atoms with Crippen molar-refractivity contribution in [3.8, 4) is 0 Å². The molecule has 3 atom stereocenters. The van der Waals surface area contributed by atoms with Crippen molar-refractivity contribution in [1.82, 2.24) is 5.32 Å². The molecule has 0 spiro atoms. The van der Waals surface area contributed by atoms with E-state index in [1.165, 1.54) is 70.6 Å². The topological polar surface area (TPSA) is 124 Å². The molecule has 0 radical (unpaired) electrons. The van der Waals surface area contributed by atoms with Gasteiger partial charge in [-0.1, -0.05) is 154 Å². The van der Waals surface area contributed by atoms with Crippen molar-refractivity contribution in [2.24, 2.45) is 0 Å². The Labute approximate surface area is 271 Å². The van der Waals surface area contributed by atoms with Gasteiger partial charge in [0.1, 0.15) is 6.10 Å². The van der Waals surface area contributed by atoms with Crippen molar-refractivity contribution in [1.29, 1.82) is 0 Å². The molecule has 0 aliphatic carbocycles. The van der Waals surface area contributed by atoms with E-state index in [9.17, 15) is 28.0 Å². The fourth-order valence-corrected chi connectivity index (χ4v) is 6.19. The SMILES string of the molecule is CCCCCCCCCCC/C=C\C/C=C\CCCCCCCCC(O)C(=O)NC(CS(=O)(=O)O)C(O)CCCCCCC. The lowest BCUT2D eigenvalue weighted by Gasteiger charge is -2.24. The summed E-state index contributed by atoms with van der Waals surface area (Å²) in [6.07, 6.45) is 34.0. The first-order valence-electron chi connectivity index (χ1n) is 18.1. The van der Waals surface area contributed by atoms with E-state index in [0.29, 0.717) is 19.3 Å². The average Bonchev–Trinajstić information content (AvgIpc) is 2.98. The van der Waals surface area contributed by atoms with Crippen LogP contribution in [-0.2, 0) is 14.9 Å². The van der Waals surface area contributed by atoms with Gasteiger partial charge in [-0.3, -0.25) is 9.35 Å². The second kappa shape index (κ2) is 30.4. The maximum absolute atomic E-state index is 12.4. The van der Waals surface area contributed by atoms with Crippen molar-refractivity contribution >= 4 is 16.0 Å². The predicted octanol–water partition coefficient (Wildman–Crippen LogP) is 8.99. The minimum absolute atomic E-state index is 0.285. The quantitative estimate of drug-likeness (QED) is 0.0329. The van der Waals surface area contributed by atoms with Gasteiger partial charge in [0.15, 0.2) is 0 Å². The van der Waals surface area contributed by atoms with Gasteiger partial charge < -0.3 is 15.5 Å². The van der Waals surface area contributed by atoms with Crippen LogP contribution in [0.5, 0.6) is 0 Å². The summed E-state index contributed by atoms with van der Waals surface area (Å²) in [5.74, 6) is -1.47. The molecule has 0 saturated heterocycles. The van der Waals surface area contributed by atoms with Crippen molar-refractivity contribution in [3.63, 3.8) is 0 Å². The van der Waals surface area contributed by atoms with Gasteiger partial charge >= 0.3 is 0 Å². The third kappa shape index (κ3) is 29.5. The highest BCUT2D eigenvalue weighted by Crippen LogP contribution is 2.14. The number of nitrogens with one attached hydrogen (secondary N) is 1. The molecule has 0 saturated carbocycles. The molecule has 1 amide bonds. The number of rotatable bonds is 32. The molecular weight excluding hydrogens is 574 g/mol. The molecule has 0 aliphatic heterocycles. The number of hydrogen-bond donors (Lipinski definition) is 4. The number of carbonyl (C=O) groups is 1. The number of carbonyl (C=O) groups excluding carboxylic acids is 1. The van der Waals surface area contributed by atoms with E-state index in [-0.39, 0.29) is 6.42 Å². The van der Waals surface area contributed by atoms with Gasteiger partial charge in [0.05, 0.1) is 17.9 Å². The van der Waals surface area contributed by atoms with Crippen LogP contribution in [0.2, 0.25) is 0 Å². The minimum Gasteiger partial charge on any atom is -0.391 e. The van der Waals surface area contributed by atoms with E-state index < -0.39 is 40.0 Å². The molecule has 8 heteroatoms. The van der Waals surface area contributed by atoms with Crippen LogP contribution in [0, 0.1) is 0 Å².